The van der Waals surface area contributed by atoms with E-state index in [1.54, 1.807) is 18.9 Å². The lowest BCUT2D eigenvalue weighted by molar-refractivity contribution is -0.135. The number of aryl methyl sites for hydroxylation is 1. The van der Waals surface area contributed by atoms with Gasteiger partial charge in [0.25, 0.3) is 0 Å². The van der Waals surface area contributed by atoms with Crippen molar-refractivity contribution in [1.29, 1.82) is 0 Å². The molecule has 10 heteroatoms. The van der Waals surface area contributed by atoms with Crippen molar-refractivity contribution in [3.8, 4) is 11.1 Å². The normalized spacial score (nSPS) is 25.1. The van der Waals surface area contributed by atoms with E-state index in [0.29, 0.717) is 37.4 Å². The van der Waals surface area contributed by atoms with Gasteiger partial charge >= 0.3 is 0 Å². The molecule has 0 aliphatic carbocycles. The van der Waals surface area contributed by atoms with E-state index in [4.69, 9.17) is 16.3 Å². The second kappa shape index (κ2) is 10.8. The number of piperazine rings is 1. The minimum atomic E-state index is -0.816. The lowest BCUT2D eigenvalue weighted by atomic mass is 9.87. The predicted octanol–water partition coefficient (Wildman–Crippen LogP) is 5.60. The Kier molecular flexibility index (Phi) is 7.81. The van der Waals surface area contributed by atoms with E-state index in [1.807, 2.05) is 36.6 Å². The van der Waals surface area contributed by atoms with Crippen LogP contribution in [0.5, 0.6) is 0 Å². The molecule has 5 rings (SSSR count). The Hall–Kier alpha value is -2.46. The number of anilines is 1. The Morgan fingerprint density at radius 1 is 1.21 bits per heavy atom. The molecule has 0 saturated carbocycles. The summed E-state index contributed by atoms with van der Waals surface area (Å²) in [7, 11) is 1.61. The van der Waals surface area contributed by atoms with Gasteiger partial charge in [-0.15, -0.1) is 11.8 Å². The SMILES string of the molecule is C=CC(=O)N1[C@H](C)CN(C2CC(=O)N3c4c2cc(C)c(-c2cc(Cl)c(F)cc2F)c4SC[C@@H]3COC)C[C@@H]1C. The lowest BCUT2D eigenvalue weighted by Crippen LogP contribution is -2.60. The monoisotopic (exact) mass is 575 g/mol. The summed E-state index contributed by atoms with van der Waals surface area (Å²) in [4.78, 5) is 33.0. The molecule has 3 aliphatic rings. The van der Waals surface area contributed by atoms with Crippen LogP contribution in [0.3, 0.4) is 0 Å². The van der Waals surface area contributed by atoms with Gasteiger partial charge in [-0.3, -0.25) is 14.5 Å². The Morgan fingerprint density at radius 2 is 1.90 bits per heavy atom. The van der Waals surface area contributed by atoms with Gasteiger partial charge < -0.3 is 14.5 Å². The second-order valence-electron chi connectivity index (χ2n) is 10.6. The number of methoxy groups -OCH3 is 1. The fourth-order valence-electron chi connectivity index (χ4n) is 6.43. The number of hydrogen-bond acceptors (Lipinski definition) is 5. The third kappa shape index (κ3) is 4.77. The Morgan fingerprint density at radius 3 is 2.54 bits per heavy atom. The predicted molar refractivity (Wildman–Crippen MR) is 150 cm³/mol. The molecule has 0 radical (unpaired) electrons. The quantitative estimate of drug-likeness (QED) is 0.343. The van der Waals surface area contributed by atoms with E-state index in [1.165, 1.54) is 12.1 Å². The van der Waals surface area contributed by atoms with E-state index in [9.17, 15) is 14.0 Å². The molecule has 1 saturated heterocycles. The number of thioether (sulfide) groups is 1. The average Bonchev–Trinajstić information content (AvgIpc) is 2.88. The summed E-state index contributed by atoms with van der Waals surface area (Å²) < 4.78 is 34.7. The average molecular weight is 576 g/mol. The first-order valence-electron chi connectivity index (χ1n) is 13.0. The highest BCUT2D eigenvalue weighted by Gasteiger charge is 2.45. The third-order valence-corrected chi connectivity index (χ3v) is 9.49. The molecular weight excluding hydrogens is 544 g/mol. The van der Waals surface area contributed by atoms with Gasteiger partial charge in [-0.25, -0.2) is 8.78 Å². The number of hydrogen-bond donors (Lipinski definition) is 0. The molecule has 208 valence electrons. The first kappa shape index (κ1) is 28.1. The smallest absolute Gasteiger partial charge is 0.246 e. The van der Waals surface area contributed by atoms with E-state index in [2.05, 4.69) is 11.5 Å². The maximum Gasteiger partial charge on any atom is 0.246 e. The largest absolute Gasteiger partial charge is 0.383 e. The number of carbonyl (C=O) groups excluding carboxylic acids is 2. The van der Waals surface area contributed by atoms with Gasteiger partial charge in [-0.05, 0) is 44.0 Å². The summed E-state index contributed by atoms with van der Waals surface area (Å²) in [5, 5.41) is -0.158. The van der Waals surface area contributed by atoms with E-state index in [-0.39, 0.29) is 46.6 Å². The summed E-state index contributed by atoms with van der Waals surface area (Å²) >= 11 is 7.64. The van der Waals surface area contributed by atoms with Crippen LogP contribution in [-0.4, -0.2) is 72.3 Å². The Balaban J connectivity index is 1.66. The third-order valence-electron chi connectivity index (χ3n) is 7.96. The molecule has 3 aliphatic heterocycles. The van der Waals surface area contributed by atoms with Gasteiger partial charge in [0.1, 0.15) is 11.6 Å². The van der Waals surface area contributed by atoms with E-state index in [0.717, 1.165) is 27.8 Å². The molecule has 4 atom stereocenters. The van der Waals surface area contributed by atoms with Crippen molar-refractivity contribution < 1.29 is 23.1 Å². The zero-order valence-electron chi connectivity index (χ0n) is 22.5. The minimum absolute atomic E-state index is 0.0200. The van der Waals surface area contributed by atoms with Crippen LogP contribution in [0.4, 0.5) is 14.5 Å². The van der Waals surface area contributed by atoms with Crippen LogP contribution in [0.2, 0.25) is 5.02 Å². The standard InChI is InChI=1S/C29H32ClF2N3O3S/c1-6-25(36)34-16(3)11-33(12-17(34)4)24-10-26(37)35-18(13-38-5)14-39-29-27(15(2)7-20(24)28(29)35)19-8-21(30)23(32)9-22(19)31/h6-9,16-18,24H,1,10-14H2,2-5H3/t16-,17+,18-,24?/m0/s1. The zero-order chi connectivity index (χ0) is 28.2. The maximum atomic E-state index is 15.2. The van der Waals surface area contributed by atoms with Crippen LogP contribution in [0, 0.1) is 18.6 Å². The fourth-order valence-corrected chi connectivity index (χ4v) is 7.97. The van der Waals surface area contributed by atoms with Crippen molar-refractivity contribution in [3.05, 3.63) is 58.6 Å². The first-order chi connectivity index (χ1) is 18.6. The van der Waals surface area contributed by atoms with Crippen LogP contribution in [0.1, 0.15) is 37.4 Å². The van der Waals surface area contributed by atoms with Crippen molar-refractivity contribution in [2.24, 2.45) is 0 Å². The van der Waals surface area contributed by atoms with Crippen LogP contribution < -0.4 is 4.90 Å². The molecule has 39 heavy (non-hydrogen) atoms. The van der Waals surface area contributed by atoms with Crippen LogP contribution in [0.25, 0.3) is 11.1 Å². The Bertz CT molecular complexity index is 1340. The molecule has 2 aromatic carbocycles. The van der Waals surface area contributed by atoms with Gasteiger partial charge in [0, 0.05) is 72.6 Å². The highest BCUT2D eigenvalue weighted by atomic mass is 35.5. The molecule has 2 amide bonds. The van der Waals surface area contributed by atoms with Crippen molar-refractivity contribution in [2.45, 2.75) is 56.3 Å². The fraction of sp³-hybridized carbons (Fsp3) is 0.448. The minimum Gasteiger partial charge on any atom is -0.383 e. The highest BCUT2D eigenvalue weighted by molar-refractivity contribution is 7.99. The summed E-state index contributed by atoms with van der Waals surface area (Å²) in [6.07, 6.45) is 1.64. The van der Waals surface area contributed by atoms with Crippen molar-refractivity contribution in [3.63, 3.8) is 0 Å². The van der Waals surface area contributed by atoms with Gasteiger partial charge in [0.15, 0.2) is 0 Å². The molecule has 0 bridgehead atoms. The van der Waals surface area contributed by atoms with Gasteiger partial charge in [0.05, 0.1) is 23.4 Å². The molecular formula is C29H32ClF2N3O3S. The second-order valence-corrected chi connectivity index (χ2v) is 12.0. The number of benzene rings is 2. The first-order valence-corrected chi connectivity index (χ1v) is 14.4. The Labute approximate surface area is 236 Å². The number of amides is 2. The topological polar surface area (TPSA) is 53.1 Å². The summed E-state index contributed by atoms with van der Waals surface area (Å²) in [5.74, 6) is -1.05. The highest BCUT2D eigenvalue weighted by Crippen LogP contribution is 2.53. The van der Waals surface area contributed by atoms with E-state index >= 15 is 4.39 Å². The van der Waals surface area contributed by atoms with Crippen LogP contribution in [-0.2, 0) is 14.3 Å². The lowest BCUT2D eigenvalue weighted by Gasteiger charge is -2.50. The van der Waals surface area contributed by atoms with E-state index < -0.39 is 11.6 Å². The molecule has 0 N–H and O–H groups in total. The van der Waals surface area contributed by atoms with Gasteiger partial charge in [-0.2, -0.15) is 0 Å². The van der Waals surface area contributed by atoms with Gasteiger partial charge in [-0.1, -0.05) is 24.2 Å². The van der Waals surface area contributed by atoms with Gasteiger partial charge in [0.2, 0.25) is 11.8 Å². The van der Waals surface area contributed by atoms with Crippen LogP contribution >= 0.6 is 23.4 Å². The summed E-state index contributed by atoms with van der Waals surface area (Å²) in [6.45, 7) is 11.2. The molecule has 0 spiro atoms. The van der Waals surface area contributed by atoms with Crippen molar-refractivity contribution in [2.75, 3.05) is 37.5 Å². The molecule has 6 nitrogen and oxygen atoms in total. The summed E-state index contributed by atoms with van der Waals surface area (Å²) in [5.41, 5.74) is 3.41. The number of ether oxygens (including phenoxy) is 1. The number of halogens is 3. The molecule has 1 unspecified atom stereocenters. The number of nitrogens with zero attached hydrogens (tertiary/aromatic N) is 3. The van der Waals surface area contributed by atoms with Crippen molar-refractivity contribution in [1.82, 2.24) is 9.80 Å². The molecule has 3 heterocycles. The molecule has 1 fully saturated rings. The maximum absolute atomic E-state index is 15.2. The summed E-state index contributed by atoms with van der Waals surface area (Å²) in [6, 6.07) is 3.67. The van der Waals surface area contributed by atoms with Crippen molar-refractivity contribution >= 4 is 40.9 Å². The molecule has 2 aromatic rings. The zero-order valence-corrected chi connectivity index (χ0v) is 24.0. The van der Waals surface area contributed by atoms with Crippen LogP contribution in [0.15, 0.2) is 35.7 Å². The number of carbonyl (C=O) groups is 2. The molecule has 0 aromatic heterocycles. The number of rotatable bonds is 5.